The molecule has 2 heteroatoms. The molecule has 0 aromatic rings. The summed E-state index contributed by atoms with van der Waals surface area (Å²) in [6.07, 6.45) is 0. The van der Waals surface area contributed by atoms with Crippen molar-refractivity contribution in [1.82, 2.24) is 0 Å². The van der Waals surface area contributed by atoms with Crippen LogP contribution in [0.4, 0.5) is 0 Å². The smallest absolute Gasteiger partial charge is 0.312 e. The molecule has 24 heavy (non-hydrogen) atoms. The fourth-order valence-corrected chi connectivity index (χ4v) is 16.0. The summed E-state index contributed by atoms with van der Waals surface area (Å²) in [5, 5.41) is 0. The molecule has 2 nitrogen and oxygen atoms in total. The number of esters is 1. The molecule has 12 aliphatic rings. The molecule has 0 amide bonds. The second-order valence-corrected chi connectivity index (χ2v) is 12.2. The Kier molecular flexibility index (Phi) is 1.03. The van der Waals surface area contributed by atoms with Crippen molar-refractivity contribution >= 4 is 5.97 Å². The molecule has 12 rings (SSSR count). The minimum Gasteiger partial charge on any atom is -0.469 e. The fraction of sp³-hybridized carbons (Fsp3) is 0.955. The van der Waals surface area contributed by atoms with Gasteiger partial charge in [-0.2, -0.15) is 0 Å². The summed E-state index contributed by atoms with van der Waals surface area (Å²) in [4.78, 5) is 13.5. The van der Waals surface area contributed by atoms with Crippen molar-refractivity contribution in [1.29, 1.82) is 0 Å². The van der Waals surface area contributed by atoms with Gasteiger partial charge in [0.25, 0.3) is 0 Å². The van der Waals surface area contributed by atoms with Crippen molar-refractivity contribution in [2.75, 3.05) is 7.11 Å². The average molecular weight is 318 g/mol. The lowest BCUT2D eigenvalue weighted by atomic mass is 9.66. The average Bonchev–Trinajstić information content (AvgIpc) is 3.24. The molecule has 0 N–H and O–H groups in total. The van der Waals surface area contributed by atoms with Crippen LogP contribution in [0, 0.1) is 118 Å². The number of rotatable bonds is 1. The fourth-order valence-electron chi connectivity index (χ4n) is 16.0. The first-order valence-electron chi connectivity index (χ1n) is 10.9. The summed E-state index contributed by atoms with van der Waals surface area (Å²) in [6.45, 7) is 0. The van der Waals surface area contributed by atoms with Gasteiger partial charge in [-0.3, -0.25) is 4.79 Å². The number of ether oxygens (including phenoxy) is 1. The van der Waals surface area contributed by atoms with Crippen molar-refractivity contribution in [3.63, 3.8) is 0 Å². The molecule has 12 saturated carbocycles. The summed E-state index contributed by atoms with van der Waals surface area (Å²) in [5.41, 5.74) is 0.0484. The molecule has 0 aromatic heterocycles. The Balaban J connectivity index is 1.41. The van der Waals surface area contributed by atoms with E-state index in [1.807, 2.05) is 0 Å². The predicted molar refractivity (Wildman–Crippen MR) is 80.8 cm³/mol. The van der Waals surface area contributed by atoms with Gasteiger partial charge in [0, 0.05) is 0 Å². The van der Waals surface area contributed by atoms with Gasteiger partial charge in [-0.05, 0) is 112 Å². The second kappa shape index (κ2) is 2.34. The Morgan fingerprint density at radius 1 is 0.542 bits per heavy atom. The summed E-state index contributed by atoms with van der Waals surface area (Å²) in [5.74, 6) is 19.9. The maximum atomic E-state index is 13.5. The zero-order valence-electron chi connectivity index (χ0n) is 13.8. The molecule has 12 aliphatic carbocycles. The van der Waals surface area contributed by atoms with Crippen LogP contribution in [0.25, 0.3) is 0 Å². The third kappa shape index (κ3) is 0.505. The highest BCUT2D eigenvalue weighted by atomic mass is 16.5. The molecule has 122 valence electrons. The predicted octanol–water partition coefficient (Wildman–Crippen LogP) is 2.00. The maximum Gasteiger partial charge on any atom is 0.312 e. The lowest BCUT2D eigenvalue weighted by Crippen LogP contribution is -2.43. The Morgan fingerprint density at radius 2 is 0.792 bits per heavy atom. The summed E-state index contributed by atoms with van der Waals surface area (Å²) >= 11 is 0. The van der Waals surface area contributed by atoms with E-state index in [1.54, 1.807) is 7.11 Å². The molecular weight excluding hydrogens is 296 g/mol. The molecule has 8 unspecified atom stereocenters. The quantitative estimate of drug-likeness (QED) is 0.691. The van der Waals surface area contributed by atoms with Crippen molar-refractivity contribution < 1.29 is 9.53 Å². The van der Waals surface area contributed by atoms with Crippen molar-refractivity contribution in [3.8, 4) is 0 Å². The van der Waals surface area contributed by atoms with E-state index in [4.69, 9.17) is 4.74 Å². The number of methoxy groups -OCH3 is 1. The van der Waals surface area contributed by atoms with Gasteiger partial charge in [0.2, 0.25) is 0 Å². The lowest BCUT2D eigenvalue weighted by Gasteiger charge is -2.37. The van der Waals surface area contributed by atoms with Gasteiger partial charge in [-0.15, -0.1) is 0 Å². The van der Waals surface area contributed by atoms with Crippen LogP contribution in [-0.4, -0.2) is 13.1 Å². The third-order valence-electron chi connectivity index (χ3n) is 14.0. The van der Waals surface area contributed by atoms with Crippen LogP contribution >= 0.6 is 0 Å². The molecule has 20 atom stereocenters. The highest BCUT2D eigenvalue weighted by Crippen LogP contribution is 3.04. The SMILES string of the molecule is COC(=O)C12C3[C@@H]4[C@@H]5C6C7C8[C@@H]5[C@@H]3[C@H]3C1[C@H]1[C@@H](C7[C@@H]5[C@@H]6[C@@H]4C2[C@@H]51)[C@H]83. The zero-order valence-corrected chi connectivity index (χ0v) is 13.8. The largest absolute Gasteiger partial charge is 0.469 e. The first kappa shape index (κ1) is 10.6. The van der Waals surface area contributed by atoms with Gasteiger partial charge >= 0.3 is 5.97 Å². The standard InChI is InChI=1S/C22H22O2/c1-24-21(23)22-18-12-6-3-2-4-8(6)14(18)16-10(4)11-5(2)9-7(3)13(12)19(22)15(9)17(11)20(16)22/h2-20H,1H3/t2?,3?,4?,5?,6-,7-,8-,9+,10+,11+,12-,13+,14-,15+,16-,17-,18?,19?,20?,22?/m0/s1. The molecule has 0 aromatic carbocycles. The van der Waals surface area contributed by atoms with Crippen LogP contribution in [0.1, 0.15) is 0 Å². The van der Waals surface area contributed by atoms with E-state index < -0.39 is 0 Å². The van der Waals surface area contributed by atoms with Crippen molar-refractivity contribution in [2.45, 2.75) is 0 Å². The Morgan fingerprint density at radius 3 is 1.04 bits per heavy atom. The van der Waals surface area contributed by atoms with E-state index in [2.05, 4.69) is 0 Å². The molecule has 0 aliphatic heterocycles. The monoisotopic (exact) mass is 318 g/mol. The highest BCUT2D eigenvalue weighted by molar-refractivity contribution is 5.82. The van der Waals surface area contributed by atoms with Gasteiger partial charge in [0.05, 0.1) is 12.5 Å². The Hall–Kier alpha value is -0.530. The summed E-state index contributed by atoms with van der Waals surface area (Å²) < 4.78 is 5.65. The zero-order chi connectivity index (χ0) is 14.8. The van der Waals surface area contributed by atoms with E-state index in [1.165, 1.54) is 5.92 Å². The topological polar surface area (TPSA) is 26.3 Å². The Bertz CT molecular complexity index is 716. The van der Waals surface area contributed by atoms with Crippen LogP contribution in [0.2, 0.25) is 0 Å². The first-order chi connectivity index (χ1) is 11.8. The number of carbonyl (C=O) groups excluding carboxylic acids is 1. The first-order valence-corrected chi connectivity index (χ1v) is 10.9. The molecule has 12 fully saturated rings. The normalized spacial score (nSPS) is 94.8. The van der Waals surface area contributed by atoms with Gasteiger partial charge < -0.3 is 4.74 Å². The molecule has 0 bridgehead atoms. The minimum absolute atomic E-state index is 0.0484. The third-order valence-corrected chi connectivity index (χ3v) is 14.0. The van der Waals surface area contributed by atoms with Gasteiger partial charge in [0.15, 0.2) is 0 Å². The molecular formula is C22H22O2. The molecule has 0 heterocycles. The lowest BCUT2D eigenvalue weighted by molar-refractivity contribution is -0.160. The van der Waals surface area contributed by atoms with E-state index in [-0.39, 0.29) is 5.41 Å². The number of hydrogen-bond donors (Lipinski definition) is 0. The minimum atomic E-state index is 0.0484. The van der Waals surface area contributed by atoms with Gasteiger partial charge in [0.1, 0.15) is 0 Å². The molecule has 0 saturated heterocycles. The second-order valence-electron chi connectivity index (χ2n) is 12.2. The van der Waals surface area contributed by atoms with Crippen molar-refractivity contribution in [3.05, 3.63) is 0 Å². The summed E-state index contributed by atoms with van der Waals surface area (Å²) in [7, 11) is 1.71. The van der Waals surface area contributed by atoms with Crippen LogP contribution < -0.4 is 0 Å². The van der Waals surface area contributed by atoms with Gasteiger partial charge in [-0.25, -0.2) is 0 Å². The van der Waals surface area contributed by atoms with E-state index in [9.17, 15) is 4.79 Å². The number of carbonyl (C=O) groups is 1. The maximum absolute atomic E-state index is 13.5. The summed E-state index contributed by atoms with van der Waals surface area (Å²) in [6, 6.07) is 0. The van der Waals surface area contributed by atoms with E-state index in [0.29, 0.717) is 5.97 Å². The highest BCUT2D eigenvalue weighted by Gasteiger charge is 3.03. The number of hydrogen-bond acceptors (Lipinski definition) is 2. The van der Waals surface area contributed by atoms with E-state index in [0.717, 1.165) is 107 Å². The molecule has 0 radical (unpaired) electrons. The Labute approximate surface area is 141 Å². The van der Waals surface area contributed by atoms with Crippen LogP contribution in [0.15, 0.2) is 0 Å². The van der Waals surface area contributed by atoms with Crippen LogP contribution in [0.3, 0.4) is 0 Å². The van der Waals surface area contributed by atoms with Crippen LogP contribution in [-0.2, 0) is 9.53 Å². The van der Waals surface area contributed by atoms with Crippen molar-refractivity contribution in [2.24, 2.45) is 118 Å². The van der Waals surface area contributed by atoms with Gasteiger partial charge in [-0.1, -0.05) is 0 Å². The van der Waals surface area contributed by atoms with Crippen LogP contribution in [0.5, 0.6) is 0 Å². The van der Waals surface area contributed by atoms with E-state index >= 15 is 0 Å². The molecule has 0 spiro atoms.